The molecule has 2 fully saturated rings. The first-order chi connectivity index (χ1) is 6.81. The van der Waals surface area contributed by atoms with Crippen LogP contribution in [0.25, 0.3) is 0 Å². The van der Waals surface area contributed by atoms with Crippen molar-refractivity contribution >= 4 is 5.97 Å². The molecule has 0 amide bonds. The maximum absolute atomic E-state index is 11.4. The first kappa shape index (κ1) is 9.97. The lowest BCUT2D eigenvalue weighted by atomic mass is 9.76. The van der Waals surface area contributed by atoms with Gasteiger partial charge in [-0.15, -0.1) is 0 Å². The Bertz CT molecular complexity index is 217. The lowest BCUT2D eigenvalue weighted by molar-refractivity contribution is -0.147. The first-order valence-corrected chi connectivity index (χ1v) is 5.62. The van der Waals surface area contributed by atoms with Crippen LogP contribution >= 0.6 is 0 Å². The van der Waals surface area contributed by atoms with Crippen LogP contribution in [-0.2, 0) is 9.53 Å². The van der Waals surface area contributed by atoms with E-state index in [2.05, 4.69) is 5.32 Å². The molecule has 3 nitrogen and oxygen atoms in total. The van der Waals surface area contributed by atoms with Crippen molar-refractivity contribution in [3.63, 3.8) is 0 Å². The fourth-order valence-corrected chi connectivity index (χ4v) is 2.85. The molecular weight excluding hydrogens is 178 g/mol. The van der Waals surface area contributed by atoms with Crippen LogP contribution in [-0.4, -0.2) is 25.7 Å². The van der Waals surface area contributed by atoms with E-state index in [1.54, 1.807) is 0 Å². The summed E-state index contributed by atoms with van der Waals surface area (Å²) in [6.07, 6.45) is 6.28. The van der Waals surface area contributed by atoms with Gasteiger partial charge in [-0.25, -0.2) is 0 Å². The second-order valence-corrected chi connectivity index (χ2v) is 4.52. The van der Waals surface area contributed by atoms with Gasteiger partial charge in [-0.1, -0.05) is 12.8 Å². The molecule has 2 rings (SSSR count). The van der Waals surface area contributed by atoms with Gasteiger partial charge in [0.15, 0.2) is 0 Å². The zero-order valence-corrected chi connectivity index (χ0v) is 8.79. The minimum absolute atomic E-state index is 0.0403. The zero-order valence-electron chi connectivity index (χ0n) is 8.79. The molecule has 1 saturated carbocycles. The maximum Gasteiger partial charge on any atom is 0.309 e. The zero-order chi connectivity index (χ0) is 9.97. The van der Waals surface area contributed by atoms with Gasteiger partial charge in [-0.2, -0.15) is 0 Å². The molecule has 0 radical (unpaired) electrons. The number of esters is 1. The topological polar surface area (TPSA) is 38.3 Å². The third-order valence-corrected chi connectivity index (χ3v) is 3.66. The predicted octanol–water partition coefficient (Wildman–Crippen LogP) is 1.33. The number of piperidine rings is 1. The van der Waals surface area contributed by atoms with Crippen molar-refractivity contribution < 1.29 is 9.53 Å². The Labute approximate surface area is 85.2 Å². The van der Waals surface area contributed by atoms with Crippen LogP contribution < -0.4 is 5.32 Å². The average Bonchev–Trinajstić information content (AvgIpc) is 2.27. The normalized spacial score (nSPS) is 37.4. The summed E-state index contributed by atoms with van der Waals surface area (Å²) < 4.78 is 4.79. The van der Waals surface area contributed by atoms with Crippen LogP contribution in [0, 0.1) is 11.8 Å². The molecule has 0 aromatic carbocycles. The van der Waals surface area contributed by atoms with Crippen LogP contribution in [0.4, 0.5) is 0 Å². The molecular formula is C11H19NO2. The minimum atomic E-state index is -0.0403. The number of methoxy groups -OCH3 is 1. The Morgan fingerprint density at radius 3 is 2.93 bits per heavy atom. The second-order valence-electron chi connectivity index (χ2n) is 4.52. The van der Waals surface area contributed by atoms with Crippen molar-refractivity contribution in [1.82, 2.24) is 5.32 Å². The van der Waals surface area contributed by atoms with Gasteiger partial charge in [0.1, 0.15) is 0 Å². The second kappa shape index (κ2) is 4.30. The molecule has 1 aliphatic heterocycles. The van der Waals surface area contributed by atoms with E-state index < -0.39 is 0 Å². The number of carbonyl (C=O) groups is 1. The summed E-state index contributed by atoms with van der Waals surface area (Å²) in [7, 11) is 1.48. The van der Waals surface area contributed by atoms with Crippen molar-refractivity contribution in [1.29, 1.82) is 0 Å². The van der Waals surface area contributed by atoms with E-state index in [9.17, 15) is 4.79 Å². The third kappa shape index (κ3) is 1.92. The Kier molecular flexibility index (Phi) is 3.06. The quantitative estimate of drug-likeness (QED) is 0.644. The van der Waals surface area contributed by atoms with Crippen LogP contribution in [0.1, 0.15) is 32.1 Å². The number of nitrogens with one attached hydrogen (secondary N) is 1. The van der Waals surface area contributed by atoms with E-state index in [1.807, 2.05) is 0 Å². The molecule has 0 aromatic rings. The average molecular weight is 197 g/mol. The number of hydrogen-bond acceptors (Lipinski definition) is 3. The van der Waals surface area contributed by atoms with Gasteiger partial charge in [0.25, 0.3) is 0 Å². The minimum Gasteiger partial charge on any atom is -0.469 e. The molecule has 0 spiro atoms. The van der Waals surface area contributed by atoms with E-state index in [0.717, 1.165) is 13.0 Å². The summed E-state index contributed by atoms with van der Waals surface area (Å²) in [4.78, 5) is 11.4. The summed E-state index contributed by atoms with van der Waals surface area (Å²) in [5.41, 5.74) is 0. The number of rotatable bonds is 1. The fraction of sp³-hybridized carbons (Fsp3) is 0.909. The molecule has 2 aliphatic rings. The summed E-state index contributed by atoms with van der Waals surface area (Å²) in [5.74, 6) is 0.766. The number of hydrogen-bond donors (Lipinski definition) is 1. The van der Waals surface area contributed by atoms with Crippen molar-refractivity contribution in [2.75, 3.05) is 13.7 Å². The molecule has 80 valence electrons. The summed E-state index contributed by atoms with van der Waals surface area (Å²) >= 11 is 0. The third-order valence-electron chi connectivity index (χ3n) is 3.66. The number of fused-ring (bicyclic) bond motifs is 1. The van der Waals surface area contributed by atoms with Gasteiger partial charge in [-0.05, 0) is 25.2 Å². The van der Waals surface area contributed by atoms with Crippen molar-refractivity contribution in [3.8, 4) is 0 Å². The highest BCUT2D eigenvalue weighted by atomic mass is 16.5. The van der Waals surface area contributed by atoms with Gasteiger partial charge >= 0.3 is 5.97 Å². The smallest absolute Gasteiger partial charge is 0.309 e. The van der Waals surface area contributed by atoms with Crippen molar-refractivity contribution in [3.05, 3.63) is 0 Å². The highest BCUT2D eigenvalue weighted by Gasteiger charge is 2.34. The van der Waals surface area contributed by atoms with Gasteiger partial charge in [0.2, 0.25) is 0 Å². The summed E-state index contributed by atoms with van der Waals surface area (Å²) in [6, 6.07) is 0.671. The predicted molar refractivity (Wildman–Crippen MR) is 53.9 cm³/mol. The molecule has 0 unspecified atom stereocenters. The first-order valence-electron chi connectivity index (χ1n) is 5.62. The molecule has 3 heteroatoms. The monoisotopic (exact) mass is 197 g/mol. The molecule has 1 saturated heterocycles. The largest absolute Gasteiger partial charge is 0.469 e. The van der Waals surface area contributed by atoms with E-state index in [0.29, 0.717) is 12.0 Å². The van der Waals surface area contributed by atoms with Crippen molar-refractivity contribution in [2.45, 2.75) is 38.1 Å². The Morgan fingerprint density at radius 2 is 2.14 bits per heavy atom. The fourth-order valence-electron chi connectivity index (χ4n) is 2.85. The highest BCUT2D eigenvalue weighted by molar-refractivity contribution is 5.72. The van der Waals surface area contributed by atoms with Gasteiger partial charge in [0, 0.05) is 12.6 Å². The maximum atomic E-state index is 11.4. The number of ether oxygens (including phenoxy) is 1. The molecule has 1 N–H and O–H groups in total. The van der Waals surface area contributed by atoms with E-state index >= 15 is 0 Å². The van der Waals surface area contributed by atoms with Gasteiger partial charge in [0.05, 0.1) is 13.0 Å². The molecule has 0 bridgehead atoms. The van der Waals surface area contributed by atoms with Crippen LogP contribution in [0.5, 0.6) is 0 Å². The molecule has 1 aliphatic carbocycles. The molecule has 3 atom stereocenters. The standard InChI is InChI=1S/C11H19NO2/c1-14-11(13)9-6-8-4-2-3-5-10(8)12-7-9/h8-10,12H,2-7H2,1H3/t8-,9+,10+/m0/s1. The van der Waals surface area contributed by atoms with Crippen LogP contribution in [0.3, 0.4) is 0 Å². The SMILES string of the molecule is COC(=O)[C@H]1CN[C@@H]2CCCC[C@H]2C1. The number of carbonyl (C=O) groups excluding carboxylic acids is 1. The Hall–Kier alpha value is -0.570. The molecule has 0 aromatic heterocycles. The van der Waals surface area contributed by atoms with Crippen LogP contribution in [0.2, 0.25) is 0 Å². The summed E-state index contributed by atoms with van der Waals surface area (Å²) in [6.45, 7) is 0.813. The van der Waals surface area contributed by atoms with Gasteiger partial charge in [-0.3, -0.25) is 4.79 Å². The van der Waals surface area contributed by atoms with E-state index in [-0.39, 0.29) is 11.9 Å². The Morgan fingerprint density at radius 1 is 1.36 bits per heavy atom. The lowest BCUT2D eigenvalue weighted by Crippen LogP contribution is -2.48. The highest BCUT2D eigenvalue weighted by Crippen LogP contribution is 2.32. The molecule has 14 heavy (non-hydrogen) atoms. The summed E-state index contributed by atoms with van der Waals surface area (Å²) in [5, 5.41) is 3.49. The lowest BCUT2D eigenvalue weighted by Gasteiger charge is -2.39. The van der Waals surface area contributed by atoms with Crippen LogP contribution in [0.15, 0.2) is 0 Å². The van der Waals surface area contributed by atoms with E-state index in [4.69, 9.17) is 4.74 Å². The van der Waals surface area contributed by atoms with Crippen molar-refractivity contribution in [2.24, 2.45) is 11.8 Å². The Balaban J connectivity index is 1.92. The van der Waals surface area contributed by atoms with E-state index in [1.165, 1.54) is 32.8 Å². The molecule has 1 heterocycles. The van der Waals surface area contributed by atoms with Gasteiger partial charge < -0.3 is 10.1 Å².